The highest BCUT2D eigenvalue weighted by Gasteiger charge is 2.58. The van der Waals surface area contributed by atoms with Crippen molar-refractivity contribution in [3.05, 3.63) is 47.7 Å². The first-order valence-corrected chi connectivity index (χ1v) is 19.9. The summed E-state index contributed by atoms with van der Waals surface area (Å²) in [4.78, 5) is 32.6. The van der Waals surface area contributed by atoms with E-state index in [0.29, 0.717) is 65.8 Å². The lowest BCUT2D eigenvalue weighted by Gasteiger charge is -2.63. The molecule has 11 nitrogen and oxygen atoms in total. The number of aromatic nitrogens is 3. The molecule has 2 N–H and O–H groups in total. The highest BCUT2D eigenvalue weighted by atomic mass is 19.1. The second-order valence-corrected chi connectivity index (χ2v) is 17.3. The van der Waals surface area contributed by atoms with E-state index in [-0.39, 0.29) is 58.4 Å². The van der Waals surface area contributed by atoms with Crippen LogP contribution in [0.15, 0.2) is 30.5 Å². The van der Waals surface area contributed by atoms with E-state index in [9.17, 15) is 15.0 Å². The number of hydrogen-bond donors (Lipinski definition) is 2. The third kappa shape index (κ3) is 6.26. The van der Waals surface area contributed by atoms with E-state index in [1.165, 1.54) is 24.4 Å². The zero-order valence-electron chi connectivity index (χ0n) is 31.9. The molecule has 0 radical (unpaired) electrons. The van der Waals surface area contributed by atoms with Gasteiger partial charge in [0.05, 0.1) is 31.8 Å². The van der Waals surface area contributed by atoms with Gasteiger partial charge >= 0.3 is 6.01 Å². The van der Waals surface area contributed by atoms with Crippen LogP contribution >= 0.6 is 0 Å². The van der Waals surface area contributed by atoms with Gasteiger partial charge in [-0.25, -0.2) is 8.78 Å². The molecule has 2 aliphatic carbocycles. The van der Waals surface area contributed by atoms with E-state index in [1.54, 1.807) is 19.9 Å². The van der Waals surface area contributed by atoms with Gasteiger partial charge in [0.15, 0.2) is 5.82 Å². The van der Waals surface area contributed by atoms with Crippen LogP contribution in [0.3, 0.4) is 0 Å². The quantitative estimate of drug-likeness (QED) is 0.232. The lowest BCUT2D eigenvalue weighted by molar-refractivity contribution is -0.162. The number of amides is 1. The number of likely N-dealkylation sites (tertiary alicyclic amines) is 2. The summed E-state index contributed by atoms with van der Waals surface area (Å²) < 4.78 is 44.6. The number of phenols is 1. The molecule has 292 valence electrons. The van der Waals surface area contributed by atoms with E-state index < -0.39 is 17.2 Å². The SMILES string of the molecule is CCc1c(F)ccc2cc(O)cc(-c3ncc4c(N5CCOC[C@@](C)(O)C5)nc(OC[C@]56CCC[C@H]5N(C5CC7(C5)CN(C(C)=O)C7)CCC6)nc4c3F)c12. The summed E-state index contributed by atoms with van der Waals surface area (Å²) in [5.41, 5.74) is -0.402. The van der Waals surface area contributed by atoms with Crippen molar-refractivity contribution < 1.29 is 33.3 Å². The van der Waals surface area contributed by atoms with Gasteiger partial charge in [0.1, 0.15) is 34.2 Å². The summed E-state index contributed by atoms with van der Waals surface area (Å²) >= 11 is 0. The number of halogens is 2. The number of benzene rings is 2. The summed E-state index contributed by atoms with van der Waals surface area (Å²) in [7, 11) is 0. The lowest BCUT2D eigenvalue weighted by atomic mass is 9.59. The fraction of sp³-hybridized carbons (Fsp3) is 0.571. The van der Waals surface area contributed by atoms with Crippen LogP contribution in [-0.4, -0.2) is 111 Å². The van der Waals surface area contributed by atoms with Crippen molar-refractivity contribution in [3.8, 4) is 23.0 Å². The third-order valence-electron chi connectivity index (χ3n) is 13.3. The molecule has 3 saturated heterocycles. The number of aromatic hydroxyl groups is 1. The number of fused-ring (bicyclic) bond motifs is 3. The highest BCUT2D eigenvalue weighted by molar-refractivity contribution is 6.01. The van der Waals surface area contributed by atoms with Crippen molar-refractivity contribution >= 4 is 33.4 Å². The minimum Gasteiger partial charge on any atom is -0.508 e. The molecule has 0 bridgehead atoms. The molecule has 1 amide bonds. The van der Waals surface area contributed by atoms with Gasteiger partial charge in [-0.1, -0.05) is 19.4 Å². The van der Waals surface area contributed by atoms with Gasteiger partial charge < -0.3 is 29.5 Å². The molecule has 0 unspecified atom stereocenters. The molecule has 55 heavy (non-hydrogen) atoms. The van der Waals surface area contributed by atoms with E-state index in [4.69, 9.17) is 19.4 Å². The van der Waals surface area contributed by atoms with Gasteiger partial charge in [-0.2, -0.15) is 9.97 Å². The van der Waals surface area contributed by atoms with Gasteiger partial charge in [0.2, 0.25) is 5.91 Å². The Morgan fingerprint density at radius 3 is 2.67 bits per heavy atom. The second kappa shape index (κ2) is 13.5. The van der Waals surface area contributed by atoms with Crippen LogP contribution in [0.5, 0.6) is 11.8 Å². The number of phenolic OH excluding ortho intramolecular Hbond substituents is 1. The van der Waals surface area contributed by atoms with Gasteiger partial charge in [-0.15, -0.1) is 0 Å². The Labute approximate surface area is 319 Å². The Kier molecular flexibility index (Phi) is 8.93. The monoisotopic (exact) mass is 756 g/mol. The van der Waals surface area contributed by atoms with Crippen molar-refractivity contribution in [3.63, 3.8) is 0 Å². The molecule has 2 aromatic carbocycles. The number of rotatable bonds is 7. The van der Waals surface area contributed by atoms with E-state index >= 15 is 8.78 Å². The molecule has 3 atom stereocenters. The number of ether oxygens (including phenoxy) is 2. The van der Waals surface area contributed by atoms with E-state index in [0.717, 1.165) is 64.6 Å². The summed E-state index contributed by atoms with van der Waals surface area (Å²) in [6.45, 7) is 9.45. The Morgan fingerprint density at radius 2 is 1.89 bits per heavy atom. The smallest absolute Gasteiger partial charge is 0.319 e. The van der Waals surface area contributed by atoms with Crippen LogP contribution in [0.4, 0.5) is 14.6 Å². The van der Waals surface area contributed by atoms with Crippen LogP contribution < -0.4 is 9.64 Å². The van der Waals surface area contributed by atoms with Gasteiger partial charge in [-0.3, -0.25) is 14.7 Å². The van der Waals surface area contributed by atoms with Crippen LogP contribution in [0.25, 0.3) is 32.9 Å². The van der Waals surface area contributed by atoms with Crippen molar-refractivity contribution in [2.45, 2.75) is 89.8 Å². The fourth-order valence-electron chi connectivity index (χ4n) is 10.7. The molecule has 3 aliphatic heterocycles. The number of carbonyl (C=O) groups excluding carboxylic acids is 1. The molecule has 13 heteroatoms. The van der Waals surface area contributed by atoms with Crippen molar-refractivity contribution in [2.75, 3.05) is 57.4 Å². The molecular weight excluding hydrogens is 706 g/mol. The van der Waals surface area contributed by atoms with Crippen LogP contribution in [0, 0.1) is 22.5 Å². The number of hydrogen-bond acceptors (Lipinski definition) is 10. The van der Waals surface area contributed by atoms with Crippen LogP contribution in [0.1, 0.15) is 71.3 Å². The lowest BCUT2D eigenvalue weighted by Crippen LogP contribution is -2.69. The number of nitrogens with zero attached hydrogens (tertiary/aromatic N) is 6. The topological polar surface area (TPSA) is 124 Å². The predicted molar refractivity (Wildman–Crippen MR) is 204 cm³/mol. The average molecular weight is 757 g/mol. The molecular formula is C42H50F2N6O5. The Hall–Kier alpha value is -4.20. The van der Waals surface area contributed by atoms with E-state index in [1.807, 2.05) is 16.7 Å². The van der Waals surface area contributed by atoms with Crippen molar-refractivity contribution in [1.29, 1.82) is 0 Å². The minimum absolute atomic E-state index is 0.00800. The predicted octanol–water partition coefficient (Wildman–Crippen LogP) is 6.00. The molecule has 5 heterocycles. The van der Waals surface area contributed by atoms with E-state index in [2.05, 4.69) is 9.88 Å². The number of anilines is 1. The molecule has 4 aromatic rings. The number of pyridine rings is 1. The Bertz CT molecular complexity index is 2170. The minimum atomic E-state index is -1.19. The van der Waals surface area contributed by atoms with Gasteiger partial charge in [-0.05, 0) is 92.9 Å². The molecule has 9 rings (SSSR count). The Balaban J connectivity index is 1.07. The molecule has 1 spiro atoms. The number of aliphatic hydroxyl groups is 1. The average Bonchev–Trinajstić information content (AvgIpc) is 3.47. The van der Waals surface area contributed by atoms with Gasteiger partial charge in [0.25, 0.3) is 0 Å². The van der Waals surface area contributed by atoms with Crippen LogP contribution in [-0.2, 0) is 16.0 Å². The third-order valence-corrected chi connectivity index (χ3v) is 13.3. The maximum Gasteiger partial charge on any atom is 0.319 e. The number of piperidine rings is 1. The first kappa shape index (κ1) is 36.4. The Morgan fingerprint density at radius 1 is 1.09 bits per heavy atom. The maximum atomic E-state index is 17.2. The summed E-state index contributed by atoms with van der Waals surface area (Å²) in [5, 5.41) is 23.2. The number of aryl methyl sites for hydroxylation is 1. The summed E-state index contributed by atoms with van der Waals surface area (Å²) in [6.07, 6.45) is 9.45. The maximum absolute atomic E-state index is 17.2. The number of β-amino-alcohol motifs (C(OH)–C–C–N with tert-alkyl or cyclic N) is 1. The number of carbonyl (C=O) groups is 1. The fourth-order valence-corrected chi connectivity index (χ4v) is 10.7. The standard InChI is InChI=1S/C42H50F2N6O5/c1-4-29-32(43)9-8-26-15-28(52)16-30(34(26)29)36-35(44)37-31(19-45-36)38(48-13-14-54-23-40(3,53)20-48)47-39(46-37)55-24-42-10-5-7-33(42)50(12-6-11-42)27-17-41(18-27)21-49(22-41)25(2)51/h8-9,15-16,19,27,33,52-53H,4-7,10-14,17-18,20-24H2,1-3H3/t33-,40+,42-/m1/s1. The van der Waals surface area contributed by atoms with Gasteiger partial charge in [0, 0.05) is 61.2 Å². The zero-order chi connectivity index (χ0) is 38.3. The van der Waals surface area contributed by atoms with Crippen molar-refractivity contribution in [2.24, 2.45) is 10.8 Å². The molecule has 2 saturated carbocycles. The zero-order valence-corrected chi connectivity index (χ0v) is 31.9. The molecule has 5 aliphatic rings. The van der Waals surface area contributed by atoms with Crippen molar-refractivity contribution in [1.82, 2.24) is 24.8 Å². The normalized spacial score (nSPS) is 26.9. The summed E-state index contributed by atoms with van der Waals surface area (Å²) in [6, 6.07) is 6.81. The summed E-state index contributed by atoms with van der Waals surface area (Å²) in [5.74, 6) is -0.694. The first-order valence-electron chi connectivity index (χ1n) is 19.9. The van der Waals surface area contributed by atoms with Crippen LogP contribution in [0.2, 0.25) is 0 Å². The second-order valence-electron chi connectivity index (χ2n) is 17.3. The first-order chi connectivity index (χ1) is 26.4. The molecule has 5 fully saturated rings. The highest BCUT2D eigenvalue weighted by Crippen LogP contribution is 2.55. The molecule has 2 aromatic heterocycles. The largest absolute Gasteiger partial charge is 0.508 e.